The van der Waals surface area contributed by atoms with Gasteiger partial charge in [-0.2, -0.15) is 19.2 Å². The van der Waals surface area contributed by atoms with Gasteiger partial charge in [0.2, 0.25) is 53.2 Å². The molecular formula is C41H72N10O17P+. The van der Waals surface area contributed by atoms with Gasteiger partial charge in [0.05, 0.1) is 19.1 Å². The Balaban J connectivity index is 2.35. The average Bonchev–Trinajstić information content (AvgIpc) is 3.97. The third-order valence-corrected chi connectivity index (χ3v) is 12.1. The number of nitrogens with zero attached hydrogens (tertiary/aromatic N) is 2. The molecule has 2 heterocycles. The molecule has 69 heavy (non-hydrogen) atoms. The number of aliphatic carboxylic acids is 1. The molecule has 9 amide bonds. The standard InChI is InChI=1S/C41H71N10O17P/c1-7-11-24(41(63)64)44-38(60)32(22(6)53)49-37(59)31(21(5)8-2)48-33(55)25(17-30(43)54)45-35(57)29-13-10-15-51(29)40(62)26(16-20(3)4)46-34(56)27(19-68-69(65,66)67)47-36(58)28-12-9-14-50(28)39(61)23(42)18-52/h20-29,31-32,52-53,65-67H,7-19,42H2,1-6H3,(H8-,43,44,45,46,47,48,49,54,55,56,57,58,59,60,63,64)/p+1/t21-,22+,23-,24-,25-,26-,27-,28-,29-,31-,32-/m0/s1. The number of carbonyl (C=O) groups excluding carboxylic acids is 9. The predicted octanol–water partition coefficient (Wildman–Crippen LogP) is -4.90. The predicted molar refractivity (Wildman–Crippen MR) is 243 cm³/mol. The molecule has 27 nitrogen and oxygen atoms in total. The normalized spacial score (nSPS) is 20.0. The Labute approximate surface area is 400 Å². The molecular weight excluding hydrogens is 935 g/mol. The van der Waals surface area contributed by atoms with E-state index in [1.807, 2.05) is 0 Å². The quantitative estimate of drug-likeness (QED) is 0.0327. The van der Waals surface area contributed by atoms with Gasteiger partial charge in [0.1, 0.15) is 61.0 Å². The second-order valence-corrected chi connectivity index (χ2v) is 19.0. The van der Waals surface area contributed by atoms with Crippen molar-refractivity contribution in [1.82, 2.24) is 41.7 Å². The third kappa shape index (κ3) is 18.6. The van der Waals surface area contributed by atoms with E-state index in [-0.39, 0.29) is 57.5 Å². The van der Waals surface area contributed by atoms with Gasteiger partial charge >= 0.3 is 14.1 Å². The van der Waals surface area contributed by atoms with E-state index in [4.69, 9.17) is 11.5 Å². The van der Waals surface area contributed by atoms with Gasteiger partial charge in [0.15, 0.2) is 0 Å². The van der Waals surface area contributed by atoms with Gasteiger partial charge in [-0.25, -0.2) is 4.79 Å². The molecule has 28 heteroatoms. The van der Waals surface area contributed by atoms with Gasteiger partial charge in [-0.05, 0) is 57.3 Å². The van der Waals surface area contributed by atoms with Crippen LogP contribution in [0.2, 0.25) is 0 Å². The van der Waals surface area contributed by atoms with Crippen LogP contribution in [0, 0.1) is 11.8 Å². The van der Waals surface area contributed by atoms with Crippen LogP contribution in [0.15, 0.2) is 0 Å². The SMILES string of the molecule is CCC[C@H](NC(=O)[C@@H](NC(=O)[C@@H](NC(=O)[C@H](CC(N)=O)NC(=O)[C@@H]1CCCN1C(=O)[C@H](CC(C)C)NC(=O)[C@H](CO[P+](O)(O)O)NC(=O)[C@@H]1CCCN1C(=O)[C@@H](N)CO)[C@@H](C)CC)[C@@H](C)O)C(=O)O. The maximum absolute atomic E-state index is 14.3. The van der Waals surface area contributed by atoms with Gasteiger partial charge in [0, 0.05) is 13.1 Å². The van der Waals surface area contributed by atoms with Crippen molar-refractivity contribution >= 4 is 67.3 Å². The minimum Gasteiger partial charge on any atom is -0.480 e. The van der Waals surface area contributed by atoms with Crippen LogP contribution in [0.1, 0.15) is 99.3 Å². The van der Waals surface area contributed by atoms with E-state index in [0.717, 1.165) is 9.80 Å². The molecule has 2 aliphatic rings. The fourth-order valence-electron chi connectivity index (χ4n) is 7.78. The van der Waals surface area contributed by atoms with Crippen molar-refractivity contribution in [3.05, 3.63) is 0 Å². The Hall–Kier alpha value is -5.15. The third-order valence-electron chi connectivity index (χ3n) is 11.6. The van der Waals surface area contributed by atoms with Crippen molar-refractivity contribution < 1.29 is 82.5 Å². The maximum Gasteiger partial charge on any atom is 0.567 e. The first-order valence-electron chi connectivity index (χ1n) is 22.9. The van der Waals surface area contributed by atoms with Crippen LogP contribution >= 0.6 is 8.17 Å². The van der Waals surface area contributed by atoms with Crippen molar-refractivity contribution in [1.29, 1.82) is 0 Å². The first kappa shape index (κ1) is 60.0. The topological polar surface area (TPSA) is 432 Å². The van der Waals surface area contributed by atoms with E-state index < -0.39 is 153 Å². The van der Waals surface area contributed by atoms with Gasteiger partial charge in [-0.1, -0.05) is 47.5 Å². The number of nitrogens with one attached hydrogen (secondary N) is 6. The molecule has 0 spiro atoms. The van der Waals surface area contributed by atoms with E-state index in [9.17, 15) is 77.9 Å². The number of carbonyl (C=O) groups is 10. The number of aliphatic hydroxyl groups excluding tert-OH is 2. The number of carboxylic acids is 1. The lowest BCUT2D eigenvalue weighted by Crippen LogP contribution is -2.62. The summed E-state index contributed by atoms with van der Waals surface area (Å²) in [5, 5.41) is 43.7. The molecule has 2 fully saturated rings. The molecule has 0 radical (unpaired) electrons. The van der Waals surface area contributed by atoms with E-state index in [2.05, 4.69) is 36.4 Å². The molecule has 0 aromatic carbocycles. The molecule has 2 saturated heterocycles. The van der Waals surface area contributed by atoms with Crippen LogP contribution in [0.25, 0.3) is 0 Å². The summed E-state index contributed by atoms with van der Waals surface area (Å²) in [6.07, 6.45) is -0.825. The van der Waals surface area contributed by atoms with Crippen LogP contribution in [0.4, 0.5) is 0 Å². The summed E-state index contributed by atoms with van der Waals surface area (Å²) >= 11 is 0. The maximum atomic E-state index is 14.3. The zero-order chi connectivity index (χ0) is 52.5. The van der Waals surface area contributed by atoms with Crippen molar-refractivity contribution in [2.45, 2.75) is 160 Å². The second-order valence-electron chi connectivity index (χ2n) is 17.7. The summed E-state index contributed by atoms with van der Waals surface area (Å²) in [5.41, 5.74) is 11.1. The zero-order valence-electron chi connectivity index (χ0n) is 39.8. The zero-order valence-corrected chi connectivity index (χ0v) is 40.7. The van der Waals surface area contributed by atoms with Crippen LogP contribution in [-0.2, 0) is 52.5 Å². The Bertz CT molecular complexity index is 1840. The lowest BCUT2D eigenvalue weighted by Gasteiger charge is -2.32. The molecule has 0 aromatic rings. The van der Waals surface area contributed by atoms with Crippen molar-refractivity contribution in [2.24, 2.45) is 23.3 Å². The Morgan fingerprint density at radius 2 is 1.19 bits per heavy atom. The summed E-state index contributed by atoms with van der Waals surface area (Å²) in [6.45, 7) is 7.92. The number of carboxylic acid groups (broad SMARTS) is 1. The molecule has 16 N–H and O–H groups in total. The van der Waals surface area contributed by atoms with Gasteiger partial charge in [-0.15, -0.1) is 0 Å². The van der Waals surface area contributed by atoms with E-state index in [1.54, 1.807) is 34.6 Å². The van der Waals surface area contributed by atoms with Crippen molar-refractivity contribution in [3.63, 3.8) is 0 Å². The van der Waals surface area contributed by atoms with E-state index >= 15 is 0 Å². The minimum atomic E-state index is -4.98. The van der Waals surface area contributed by atoms with Crippen LogP contribution < -0.4 is 43.4 Å². The van der Waals surface area contributed by atoms with Crippen LogP contribution in [0.5, 0.6) is 0 Å². The highest BCUT2D eigenvalue weighted by molar-refractivity contribution is 7.53. The first-order valence-corrected chi connectivity index (χ1v) is 24.4. The Kier molecular flexibility index (Phi) is 24.2. The van der Waals surface area contributed by atoms with Gasteiger partial charge < -0.3 is 68.5 Å². The van der Waals surface area contributed by atoms with Crippen molar-refractivity contribution in [2.75, 3.05) is 26.3 Å². The monoisotopic (exact) mass is 1010 g/mol. The number of hydrogen-bond acceptors (Lipinski definition) is 17. The molecule has 0 aromatic heterocycles. The molecule has 2 aliphatic heterocycles. The number of nitrogens with two attached hydrogens (primary N) is 2. The molecule has 0 bridgehead atoms. The molecule has 11 atom stereocenters. The lowest BCUT2D eigenvalue weighted by atomic mass is 9.96. The number of primary amides is 1. The smallest absolute Gasteiger partial charge is 0.480 e. The largest absolute Gasteiger partial charge is 0.567 e. The van der Waals surface area contributed by atoms with Crippen LogP contribution in [-0.4, -0.2) is 186 Å². The average molecular weight is 1010 g/mol. The highest BCUT2D eigenvalue weighted by atomic mass is 31.2. The number of amides is 9. The second kappa shape index (κ2) is 27.9. The molecule has 0 aliphatic carbocycles. The molecule has 2 rings (SSSR count). The summed E-state index contributed by atoms with van der Waals surface area (Å²) in [6, 6.07) is -13.1. The highest BCUT2D eigenvalue weighted by Gasteiger charge is 2.44. The fraction of sp³-hybridized carbons (Fsp3) is 0.756. The van der Waals surface area contributed by atoms with Gasteiger partial charge in [0.25, 0.3) is 0 Å². The molecule has 0 unspecified atom stereocenters. The van der Waals surface area contributed by atoms with Gasteiger partial charge in [-0.3, -0.25) is 43.2 Å². The Morgan fingerprint density at radius 3 is 1.65 bits per heavy atom. The highest BCUT2D eigenvalue weighted by Crippen LogP contribution is 2.45. The van der Waals surface area contributed by atoms with E-state index in [1.165, 1.54) is 6.92 Å². The number of hydrogen-bond donors (Lipinski definition) is 14. The van der Waals surface area contributed by atoms with Crippen LogP contribution in [0.3, 0.4) is 0 Å². The Morgan fingerprint density at radius 1 is 0.696 bits per heavy atom. The summed E-state index contributed by atoms with van der Waals surface area (Å²) < 4.78 is 4.67. The summed E-state index contributed by atoms with van der Waals surface area (Å²) in [5.74, 6) is -10.8. The molecule has 0 saturated carbocycles. The number of rotatable bonds is 28. The lowest BCUT2D eigenvalue weighted by molar-refractivity contribution is -0.144. The fourth-order valence-corrected chi connectivity index (χ4v) is 8.13. The summed E-state index contributed by atoms with van der Waals surface area (Å²) in [4.78, 5) is 164. The number of aliphatic hydroxyl groups is 2. The first-order chi connectivity index (χ1) is 32.2. The van der Waals surface area contributed by atoms with Crippen molar-refractivity contribution in [3.8, 4) is 0 Å². The molecule has 392 valence electrons. The number of likely N-dealkylation sites (tertiary alicyclic amines) is 2. The summed E-state index contributed by atoms with van der Waals surface area (Å²) in [7, 11) is -4.98. The van der Waals surface area contributed by atoms with E-state index in [0.29, 0.717) is 12.8 Å². The minimum absolute atomic E-state index is 0.0225.